The first-order valence-electron chi connectivity index (χ1n) is 8.33. The Morgan fingerprint density at radius 1 is 1.12 bits per heavy atom. The van der Waals surface area contributed by atoms with Crippen LogP contribution in [0.25, 0.3) is 0 Å². The fraction of sp³-hybridized carbons (Fsp3) is 0.200. The number of anilines is 1. The maximum Gasteiger partial charge on any atom is 0.206 e. The highest BCUT2D eigenvalue weighted by Gasteiger charge is 2.31. The summed E-state index contributed by atoms with van der Waals surface area (Å²) in [4.78, 5) is 5.92. The van der Waals surface area contributed by atoms with E-state index in [-0.39, 0.29) is 6.04 Å². The van der Waals surface area contributed by atoms with E-state index in [0.29, 0.717) is 0 Å². The van der Waals surface area contributed by atoms with Crippen LogP contribution in [0.1, 0.15) is 29.3 Å². The lowest BCUT2D eigenvalue weighted by atomic mass is 9.99. The maximum absolute atomic E-state index is 6.04. The van der Waals surface area contributed by atoms with Gasteiger partial charge in [0.05, 0.1) is 17.4 Å². The third-order valence-electron chi connectivity index (χ3n) is 4.39. The van der Waals surface area contributed by atoms with Crippen LogP contribution in [0.4, 0.5) is 5.13 Å². The Labute approximate surface area is 166 Å². The quantitative estimate of drug-likeness (QED) is 0.490. The predicted octanol–water partition coefficient (Wildman–Crippen LogP) is 6.18. The Morgan fingerprint density at radius 3 is 2.46 bits per heavy atom. The lowest BCUT2D eigenvalue weighted by molar-refractivity contribution is 0.705. The van der Waals surface area contributed by atoms with Crippen molar-refractivity contribution in [1.29, 1.82) is 0 Å². The number of halogens is 1. The van der Waals surface area contributed by atoms with Crippen molar-refractivity contribution in [3.63, 3.8) is 0 Å². The number of benzene rings is 2. The van der Waals surface area contributed by atoms with Gasteiger partial charge in [-0.1, -0.05) is 35.9 Å². The first-order valence-corrected chi connectivity index (χ1v) is 10.8. The Morgan fingerprint density at radius 2 is 1.85 bits per heavy atom. The minimum atomic E-state index is 0.155. The van der Waals surface area contributed by atoms with Gasteiger partial charge in [-0.2, -0.15) is 5.10 Å². The Bertz CT molecular complexity index is 932. The number of thioether (sulfide) groups is 1. The van der Waals surface area contributed by atoms with Crippen molar-refractivity contribution in [2.75, 3.05) is 11.3 Å². The molecule has 6 heteroatoms. The molecular formula is C20H18ClN3S2. The van der Waals surface area contributed by atoms with Crippen molar-refractivity contribution >= 4 is 45.5 Å². The summed E-state index contributed by atoms with van der Waals surface area (Å²) in [6.07, 6.45) is 2.94. The number of nitrogens with zero attached hydrogens (tertiary/aromatic N) is 3. The third-order valence-corrected chi connectivity index (χ3v) is 6.33. The third kappa shape index (κ3) is 3.52. The lowest BCUT2D eigenvalue weighted by Gasteiger charge is -2.21. The molecule has 0 amide bonds. The van der Waals surface area contributed by atoms with Crippen LogP contribution in [0, 0.1) is 6.92 Å². The van der Waals surface area contributed by atoms with Crippen molar-refractivity contribution in [2.24, 2.45) is 5.10 Å². The van der Waals surface area contributed by atoms with Gasteiger partial charge in [0.15, 0.2) is 0 Å². The molecule has 4 rings (SSSR count). The van der Waals surface area contributed by atoms with E-state index in [4.69, 9.17) is 16.7 Å². The smallest absolute Gasteiger partial charge is 0.206 e. The van der Waals surface area contributed by atoms with E-state index in [9.17, 15) is 0 Å². The summed E-state index contributed by atoms with van der Waals surface area (Å²) in [5.74, 6) is 0. The van der Waals surface area contributed by atoms with Gasteiger partial charge in [0.1, 0.15) is 0 Å². The molecule has 132 valence electrons. The number of hydrogen-bond acceptors (Lipinski definition) is 5. The zero-order chi connectivity index (χ0) is 18.1. The van der Waals surface area contributed by atoms with Gasteiger partial charge in [-0.05, 0) is 48.6 Å². The van der Waals surface area contributed by atoms with Gasteiger partial charge < -0.3 is 0 Å². The standard InChI is InChI=1S/C20H18ClN3S2/c1-13-12-26-20(22-13)24-19(15-5-9-17(25-2)10-6-15)11-18(23-24)14-3-7-16(21)8-4-14/h3-10,12,19H,11H2,1-2H3/t19-/m1/s1. The summed E-state index contributed by atoms with van der Waals surface area (Å²) >= 11 is 9.43. The average Bonchev–Trinajstić information content (AvgIpc) is 3.29. The Hall–Kier alpha value is -1.82. The molecule has 0 radical (unpaired) electrons. The number of aryl methyl sites for hydroxylation is 1. The molecule has 2 heterocycles. The fourth-order valence-corrected chi connectivity index (χ4v) is 4.37. The number of rotatable bonds is 4. The molecule has 0 fully saturated rings. The highest BCUT2D eigenvalue weighted by molar-refractivity contribution is 7.98. The van der Waals surface area contributed by atoms with Crippen molar-refractivity contribution in [1.82, 2.24) is 4.98 Å². The van der Waals surface area contributed by atoms with Crippen LogP contribution in [-0.4, -0.2) is 17.0 Å². The molecule has 0 saturated heterocycles. The summed E-state index contributed by atoms with van der Waals surface area (Å²) in [6.45, 7) is 2.02. The topological polar surface area (TPSA) is 28.5 Å². The molecule has 0 bridgehead atoms. The molecule has 1 aliphatic heterocycles. The molecule has 0 unspecified atom stereocenters. The van der Waals surface area contributed by atoms with Crippen LogP contribution in [0.3, 0.4) is 0 Å². The van der Waals surface area contributed by atoms with Gasteiger partial charge in [-0.15, -0.1) is 23.1 Å². The SMILES string of the molecule is CSc1ccc([C@H]2CC(c3ccc(Cl)cc3)=NN2c2nc(C)cs2)cc1. The van der Waals surface area contributed by atoms with E-state index < -0.39 is 0 Å². The molecule has 0 saturated carbocycles. The molecule has 0 spiro atoms. The lowest BCUT2D eigenvalue weighted by Crippen LogP contribution is -2.18. The van der Waals surface area contributed by atoms with E-state index in [1.807, 2.05) is 31.2 Å². The monoisotopic (exact) mass is 399 g/mol. The number of hydrogen-bond donors (Lipinski definition) is 0. The first kappa shape index (κ1) is 17.6. The van der Waals surface area contributed by atoms with Gasteiger partial charge in [0.2, 0.25) is 5.13 Å². The molecule has 1 aromatic heterocycles. The molecule has 2 aromatic carbocycles. The van der Waals surface area contributed by atoms with Gasteiger partial charge in [-0.3, -0.25) is 0 Å². The maximum atomic E-state index is 6.04. The second-order valence-corrected chi connectivity index (χ2v) is 8.32. The Balaban J connectivity index is 1.71. The molecule has 0 N–H and O–H groups in total. The van der Waals surface area contributed by atoms with Crippen LogP contribution in [-0.2, 0) is 0 Å². The summed E-state index contributed by atoms with van der Waals surface area (Å²) in [5, 5.41) is 10.7. The van der Waals surface area contributed by atoms with E-state index in [0.717, 1.165) is 33.5 Å². The Kier molecular flexibility index (Phi) is 5.02. The van der Waals surface area contributed by atoms with Crippen LogP contribution < -0.4 is 5.01 Å². The summed E-state index contributed by atoms with van der Waals surface area (Å²) in [6, 6.07) is 16.8. The van der Waals surface area contributed by atoms with Crippen molar-refractivity contribution in [3.05, 3.63) is 75.8 Å². The number of hydrazone groups is 1. The zero-order valence-corrected chi connectivity index (χ0v) is 16.9. The van der Waals surface area contributed by atoms with E-state index in [1.165, 1.54) is 10.5 Å². The highest BCUT2D eigenvalue weighted by atomic mass is 35.5. The molecule has 3 nitrogen and oxygen atoms in total. The largest absolute Gasteiger partial charge is 0.231 e. The summed E-state index contributed by atoms with van der Waals surface area (Å²) < 4.78 is 0. The molecule has 0 aliphatic carbocycles. The minimum absolute atomic E-state index is 0.155. The molecule has 26 heavy (non-hydrogen) atoms. The van der Waals surface area contributed by atoms with E-state index >= 15 is 0 Å². The highest BCUT2D eigenvalue weighted by Crippen LogP contribution is 2.38. The minimum Gasteiger partial charge on any atom is -0.231 e. The molecule has 1 aliphatic rings. The predicted molar refractivity (Wildman–Crippen MR) is 113 cm³/mol. The normalized spacial score (nSPS) is 16.8. The van der Waals surface area contributed by atoms with Crippen LogP contribution in [0.5, 0.6) is 0 Å². The van der Waals surface area contributed by atoms with Crippen LogP contribution >= 0.6 is 34.7 Å². The van der Waals surface area contributed by atoms with Crippen LogP contribution in [0.15, 0.2) is 63.9 Å². The molecule has 3 aromatic rings. The molecular weight excluding hydrogens is 382 g/mol. The van der Waals surface area contributed by atoms with Gasteiger partial charge in [0.25, 0.3) is 0 Å². The van der Waals surface area contributed by atoms with E-state index in [1.54, 1.807) is 23.1 Å². The van der Waals surface area contributed by atoms with Crippen molar-refractivity contribution < 1.29 is 0 Å². The fourth-order valence-electron chi connectivity index (χ4n) is 3.04. The van der Waals surface area contributed by atoms with Crippen molar-refractivity contribution in [3.8, 4) is 0 Å². The molecule has 1 atom stereocenters. The first-order chi connectivity index (χ1) is 12.6. The van der Waals surface area contributed by atoms with Gasteiger partial charge >= 0.3 is 0 Å². The van der Waals surface area contributed by atoms with Crippen molar-refractivity contribution in [2.45, 2.75) is 24.3 Å². The summed E-state index contributed by atoms with van der Waals surface area (Å²) in [7, 11) is 0. The van der Waals surface area contributed by atoms with Gasteiger partial charge in [0, 0.05) is 21.7 Å². The van der Waals surface area contributed by atoms with E-state index in [2.05, 4.69) is 45.9 Å². The number of thiazole rings is 1. The van der Waals surface area contributed by atoms with Crippen LogP contribution in [0.2, 0.25) is 5.02 Å². The average molecular weight is 400 g/mol. The summed E-state index contributed by atoms with van der Waals surface area (Å²) in [5.41, 5.74) is 4.45. The van der Waals surface area contributed by atoms with Gasteiger partial charge in [-0.25, -0.2) is 9.99 Å². The zero-order valence-electron chi connectivity index (χ0n) is 14.5. The second kappa shape index (κ2) is 7.43. The second-order valence-electron chi connectivity index (χ2n) is 6.16. The number of aromatic nitrogens is 1.